The van der Waals surface area contributed by atoms with Gasteiger partial charge in [0, 0.05) is 13.1 Å². The summed E-state index contributed by atoms with van der Waals surface area (Å²) in [6.45, 7) is 2.86. The van der Waals surface area contributed by atoms with Crippen molar-refractivity contribution in [3.63, 3.8) is 0 Å². The maximum absolute atomic E-state index is 13.5. The average Bonchev–Trinajstić information content (AvgIpc) is 2.88. The summed E-state index contributed by atoms with van der Waals surface area (Å²) in [4.78, 5) is 15.4. The van der Waals surface area contributed by atoms with Crippen molar-refractivity contribution in [3.8, 4) is 0 Å². The van der Waals surface area contributed by atoms with Gasteiger partial charge in [-0.3, -0.25) is 14.0 Å². The third-order valence-electron chi connectivity index (χ3n) is 6.17. The number of rotatable bonds is 9. The molecule has 0 atom stereocenters. The SMILES string of the molecule is O=C(CN(c1ccc(F)cc1)S(=O)(=O)c1ccccc1)NCc1ccccc1CN1CCCCC1. The molecule has 3 aromatic rings. The smallest absolute Gasteiger partial charge is 0.264 e. The van der Waals surface area contributed by atoms with Gasteiger partial charge in [0.15, 0.2) is 0 Å². The molecular weight excluding hydrogens is 465 g/mol. The molecular formula is C27H30FN3O3S. The second-order valence-electron chi connectivity index (χ2n) is 8.68. The third-order valence-corrected chi connectivity index (χ3v) is 7.96. The number of carbonyl (C=O) groups excluding carboxylic acids is 1. The van der Waals surface area contributed by atoms with Gasteiger partial charge in [0.1, 0.15) is 12.4 Å². The lowest BCUT2D eigenvalue weighted by Gasteiger charge is -2.27. The highest BCUT2D eigenvalue weighted by molar-refractivity contribution is 7.92. The van der Waals surface area contributed by atoms with E-state index in [2.05, 4.69) is 16.3 Å². The van der Waals surface area contributed by atoms with Gasteiger partial charge >= 0.3 is 0 Å². The molecule has 0 aliphatic carbocycles. The fourth-order valence-corrected chi connectivity index (χ4v) is 5.71. The first-order chi connectivity index (χ1) is 16.9. The first-order valence-electron chi connectivity index (χ1n) is 11.8. The molecule has 0 saturated carbocycles. The van der Waals surface area contributed by atoms with Crippen molar-refractivity contribution in [2.24, 2.45) is 0 Å². The number of nitrogens with one attached hydrogen (secondary N) is 1. The average molecular weight is 496 g/mol. The fourth-order valence-electron chi connectivity index (χ4n) is 4.26. The van der Waals surface area contributed by atoms with E-state index in [0.29, 0.717) is 6.54 Å². The van der Waals surface area contributed by atoms with E-state index in [1.165, 1.54) is 55.7 Å². The topological polar surface area (TPSA) is 69.7 Å². The second-order valence-corrected chi connectivity index (χ2v) is 10.5. The molecule has 0 spiro atoms. The molecule has 0 aromatic heterocycles. The fraction of sp³-hybridized carbons (Fsp3) is 0.296. The molecule has 184 valence electrons. The quantitative estimate of drug-likeness (QED) is 0.480. The maximum atomic E-state index is 13.5. The number of hydrogen-bond acceptors (Lipinski definition) is 4. The summed E-state index contributed by atoms with van der Waals surface area (Å²) in [5, 5.41) is 2.87. The third kappa shape index (κ3) is 6.46. The number of likely N-dealkylation sites (tertiary alicyclic amines) is 1. The Morgan fingerprint density at radius 2 is 1.49 bits per heavy atom. The van der Waals surface area contributed by atoms with Gasteiger partial charge in [-0.1, -0.05) is 48.9 Å². The number of sulfonamides is 1. The lowest BCUT2D eigenvalue weighted by Crippen LogP contribution is -2.40. The van der Waals surface area contributed by atoms with E-state index in [4.69, 9.17) is 0 Å². The van der Waals surface area contributed by atoms with E-state index in [1.807, 2.05) is 18.2 Å². The van der Waals surface area contributed by atoms with Gasteiger partial charge in [0.05, 0.1) is 10.6 Å². The van der Waals surface area contributed by atoms with Crippen LogP contribution in [0.15, 0.2) is 83.8 Å². The Bertz CT molecular complexity index is 1230. The van der Waals surface area contributed by atoms with Gasteiger partial charge in [-0.2, -0.15) is 0 Å². The van der Waals surface area contributed by atoms with Crippen LogP contribution in [0.3, 0.4) is 0 Å². The monoisotopic (exact) mass is 495 g/mol. The Morgan fingerprint density at radius 1 is 0.857 bits per heavy atom. The Balaban J connectivity index is 1.49. The summed E-state index contributed by atoms with van der Waals surface area (Å²) in [7, 11) is -4.03. The molecule has 4 rings (SSSR count). The predicted molar refractivity (Wildman–Crippen MR) is 135 cm³/mol. The molecule has 0 bridgehead atoms. The zero-order valence-corrected chi connectivity index (χ0v) is 20.4. The Hall–Kier alpha value is -3.23. The van der Waals surface area contributed by atoms with Gasteiger partial charge in [0.25, 0.3) is 10.0 Å². The van der Waals surface area contributed by atoms with E-state index in [9.17, 15) is 17.6 Å². The van der Waals surface area contributed by atoms with Crippen molar-refractivity contribution in [1.82, 2.24) is 10.2 Å². The van der Waals surface area contributed by atoms with E-state index in [1.54, 1.807) is 18.2 Å². The molecule has 1 saturated heterocycles. The van der Waals surface area contributed by atoms with Crippen LogP contribution in [-0.2, 0) is 27.9 Å². The minimum atomic E-state index is -4.03. The van der Waals surface area contributed by atoms with Crippen molar-refractivity contribution in [2.75, 3.05) is 23.9 Å². The van der Waals surface area contributed by atoms with Gasteiger partial charge in [0.2, 0.25) is 5.91 Å². The molecule has 8 heteroatoms. The van der Waals surface area contributed by atoms with Crippen molar-refractivity contribution in [2.45, 2.75) is 37.2 Å². The summed E-state index contributed by atoms with van der Waals surface area (Å²) in [5.74, 6) is -0.929. The van der Waals surface area contributed by atoms with Crippen LogP contribution in [0.2, 0.25) is 0 Å². The largest absolute Gasteiger partial charge is 0.350 e. The highest BCUT2D eigenvalue weighted by atomic mass is 32.2. The summed E-state index contributed by atoms with van der Waals surface area (Å²) >= 11 is 0. The lowest BCUT2D eigenvalue weighted by molar-refractivity contribution is -0.119. The van der Waals surface area contributed by atoms with Crippen molar-refractivity contribution >= 4 is 21.6 Å². The molecule has 1 aliphatic heterocycles. The van der Waals surface area contributed by atoms with E-state index >= 15 is 0 Å². The lowest BCUT2D eigenvalue weighted by atomic mass is 10.0. The standard InChI is InChI=1S/C27H30FN3O3S/c28-24-13-15-25(16-14-24)31(35(33,34)26-11-3-1-4-12-26)21-27(32)29-19-22-9-5-6-10-23(22)20-30-17-7-2-8-18-30/h1,3-6,9-16H,2,7-8,17-21H2,(H,29,32). The summed E-state index contributed by atoms with van der Waals surface area (Å²) in [6, 6.07) is 21.0. The summed E-state index contributed by atoms with van der Waals surface area (Å²) in [6.07, 6.45) is 3.67. The van der Waals surface area contributed by atoms with Crippen LogP contribution in [0.5, 0.6) is 0 Å². The van der Waals surface area contributed by atoms with Crippen molar-refractivity contribution < 1.29 is 17.6 Å². The number of piperidine rings is 1. The molecule has 35 heavy (non-hydrogen) atoms. The number of halogens is 1. The first kappa shape index (κ1) is 24.9. The molecule has 3 aromatic carbocycles. The first-order valence-corrected chi connectivity index (χ1v) is 13.3. The maximum Gasteiger partial charge on any atom is 0.264 e. The second kappa shape index (κ2) is 11.5. The molecule has 1 amide bonds. The highest BCUT2D eigenvalue weighted by Crippen LogP contribution is 2.24. The molecule has 0 radical (unpaired) electrons. The highest BCUT2D eigenvalue weighted by Gasteiger charge is 2.27. The Morgan fingerprint density at radius 3 is 2.17 bits per heavy atom. The number of carbonyl (C=O) groups is 1. The van der Waals surface area contributed by atoms with E-state index in [-0.39, 0.29) is 10.6 Å². The van der Waals surface area contributed by atoms with Crippen LogP contribution in [0.4, 0.5) is 10.1 Å². The van der Waals surface area contributed by atoms with Crippen LogP contribution >= 0.6 is 0 Å². The predicted octanol–water partition coefficient (Wildman–Crippen LogP) is 4.32. The zero-order valence-electron chi connectivity index (χ0n) is 19.6. The van der Waals surface area contributed by atoms with Gasteiger partial charge in [-0.05, 0) is 73.5 Å². The Kier molecular flexibility index (Phi) is 8.15. The number of anilines is 1. The van der Waals surface area contributed by atoms with Crippen LogP contribution in [0, 0.1) is 5.82 Å². The minimum Gasteiger partial charge on any atom is -0.350 e. The van der Waals surface area contributed by atoms with Gasteiger partial charge in [-0.15, -0.1) is 0 Å². The molecule has 1 N–H and O–H groups in total. The molecule has 0 unspecified atom stereocenters. The zero-order chi connectivity index (χ0) is 24.7. The summed E-state index contributed by atoms with van der Waals surface area (Å²) < 4.78 is 41.2. The molecule has 1 heterocycles. The molecule has 1 fully saturated rings. The van der Waals surface area contributed by atoms with E-state index < -0.39 is 28.3 Å². The van der Waals surface area contributed by atoms with Crippen LogP contribution in [0.25, 0.3) is 0 Å². The summed E-state index contributed by atoms with van der Waals surface area (Å²) in [5.41, 5.74) is 2.38. The van der Waals surface area contributed by atoms with E-state index in [0.717, 1.165) is 35.1 Å². The number of benzene rings is 3. The normalized spacial score (nSPS) is 14.4. The van der Waals surface area contributed by atoms with Crippen LogP contribution in [0.1, 0.15) is 30.4 Å². The van der Waals surface area contributed by atoms with Crippen molar-refractivity contribution in [1.29, 1.82) is 0 Å². The van der Waals surface area contributed by atoms with Gasteiger partial charge < -0.3 is 5.32 Å². The minimum absolute atomic E-state index is 0.0593. The van der Waals surface area contributed by atoms with Gasteiger partial charge in [-0.25, -0.2) is 12.8 Å². The van der Waals surface area contributed by atoms with Crippen LogP contribution in [-0.4, -0.2) is 38.9 Å². The van der Waals surface area contributed by atoms with Crippen LogP contribution < -0.4 is 9.62 Å². The number of amides is 1. The number of nitrogens with zero attached hydrogens (tertiary/aromatic N) is 2. The molecule has 6 nitrogen and oxygen atoms in total. The van der Waals surface area contributed by atoms with Crippen molar-refractivity contribution in [3.05, 3.63) is 95.8 Å². The Labute approximate surface area is 206 Å². The number of hydrogen-bond donors (Lipinski definition) is 1. The molecule has 1 aliphatic rings.